The van der Waals surface area contributed by atoms with E-state index < -0.39 is 12.0 Å². The second-order valence-corrected chi connectivity index (χ2v) is 8.11. The van der Waals surface area contributed by atoms with Crippen molar-refractivity contribution in [2.24, 2.45) is 0 Å². The van der Waals surface area contributed by atoms with E-state index >= 15 is 0 Å². The maximum absolute atomic E-state index is 13.4. The molecule has 7 heteroatoms. The van der Waals surface area contributed by atoms with Gasteiger partial charge in [-0.2, -0.15) is 0 Å². The zero-order valence-electron chi connectivity index (χ0n) is 19.7. The van der Waals surface area contributed by atoms with E-state index in [-0.39, 0.29) is 12.6 Å². The number of methoxy groups -OCH3 is 2. The van der Waals surface area contributed by atoms with Gasteiger partial charge in [-0.3, -0.25) is 0 Å². The molecule has 0 spiro atoms. The zero-order valence-corrected chi connectivity index (χ0v) is 19.7. The fraction of sp³-hybridized carbons (Fsp3) is 0.214. The summed E-state index contributed by atoms with van der Waals surface area (Å²) in [5, 5.41) is 5.72. The molecule has 1 unspecified atom stereocenters. The molecular weight excluding hydrogens is 444 g/mol. The Balaban J connectivity index is 1.63. The van der Waals surface area contributed by atoms with E-state index in [1.54, 1.807) is 26.4 Å². The van der Waals surface area contributed by atoms with E-state index in [1.165, 1.54) is 0 Å². The van der Waals surface area contributed by atoms with Crippen LogP contribution >= 0.6 is 0 Å². The summed E-state index contributed by atoms with van der Waals surface area (Å²) in [5.41, 5.74) is 3.64. The van der Waals surface area contributed by atoms with Gasteiger partial charge in [-0.05, 0) is 53.8 Å². The molecule has 1 aliphatic rings. The highest BCUT2D eigenvalue weighted by Crippen LogP contribution is 2.31. The van der Waals surface area contributed by atoms with Crippen LogP contribution in [-0.4, -0.2) is 26.2 Å². The molecule has 180 valence electrons. The highest BCUT2D eigenvalue weighted by Gasteiger charge is 2.33. The van der Waals surface area contributed by atoms with Gasteiger partial charge in [0.25, 0.3) is 0 Å². The van der Waals surface area contributed by atoms with E-state index in [1.807, 2.05) is 66.7 Å². The monoisotopic (exact) mass is 472 g/mol. The lowest BCUT2D eigenvalue weighted by atomic mass is 9.93. The number of nitrogens with one attached hydrogen (secondary N) is 2. The first-order chi connectivity index (χ1) is 17.1. The number of aryl methyl sites for hydroxylation is 1. The van der Waals surface area contributed by atoms with Crippen molar-refractivity contribution in [2.45, 2.75) is 25.5 Å². The Morgan fingerprint density at radius 1 is 0.800 bits per heavy atom. The first-order valence-electron chi connectivity index (χ1n) is 11.4. The summed E-state index contributed by atoms with van der Waals surface area (Å²) in [6.07, 6.45) is 1.09. The largest absolute Gasteiger partial charge is 0.497 e. The van der Waals surface area contributed by atoms with Crippen molar-refractivity contribution >= 4 is 12.0 Å². The number of hydrogen-bond acceptors (Lipinski definition) is 5. The predicted octanol–water partition coefficient (Wildman–Crippen LogP) is 4.69. The van der Waals surface area contributed by atoms with Gasteiger partial charge in [-0.15, -0.1) is 0 Å². The average molecular weight is 473 g/mol. The Bertz CT molecular complexity index is 1190. The van der Waals surface area contributed by atoms with Crippen LogP contribution in [0.15, 0.2) is 90.1 Å². The lowest BCUT2D eigenvalue weighted by Crippen LogP contribution is -2.46. The number of carbonyl (C=O) groups is 2. The third-order valence-electron chi connectivity index (χ3n) is 5.86. The normalized spacial score (nSPS) is 15.1. The third kappa shape index (κ3) is 6.00. The molecule has 1 aliphatic heterocycles. The molecule has 0 fully saturated rings. The van der Waals surface area contributed by atoms with Crippen LogP contribution in [0.5, 0.6) is 11.5 Å². The Morgan fingerprint density at radius 2 is 1.43 bits per heavy atom. The molecule has 7 nitrogen and oxygen atoms in total. The number of allylic oxidation sites excluding steroid dienone is 1. The van der Waals surface area contributed by atoms with Crippen LogP contribution in [0.3, 0.4) is 0 Å². The molecule has 35 heavy (non-hydrogen) atoms. The number of amides is 2. The third-order valence-corrected chi connectivity index (χ3v) is 5.86. The highest BCUT2D eigenvalue weighted by atomic mass is 16.5. The van der Waals surface area contributed by atoms with Crippen LogP contribution in [0, 0.1) is 0 Å². The summed E-state index contributed by atoms with van der Waals surface area (Å²) in [6.45, 7) is 0.137. The fourth-order valence-corrected chi connectivity index (χ4v) is 3.96. The molecule has 2 amide bonds. The Morgan fingerprint density at radius 3 is 2.06 bits per heavy atom. The lowest BCUT2D eigenvalue weighted by molar-refractivity contribution is -0.140. The summed E-state index contributed by atoms with van der Waals surface area (Å²) >= 11 is 0. The predicted molar refractivity (Wildman–Crippen MR) is 132 cm³/mol. The summed E-state index contributed by atoms with van der Waals surface area (Å²) in [7, 11) is 3.21. The molecular formula is C28H28N2O5. The van der Waals surface area contributed by atoms with Crippen molar-refractivity contribution < 1.29 is 23.8 Å². The van der Waals surface area contributed by atoms with Crippen LogP contribution in [-0.2, 0) is 22.6 Å². The van der Waals surface area contributed by atoms with E-state index in [4.69, 9.17) is 14.2 Å². The van der Waals surface area contributed by atoms with Gasteiger partial charge in [0.2, 0.25) is 0 Å². The topological polar surface area (TPSA) is 85.9 Å². The molecule has 3 aromatic carbocycles. The SMILES string of the molecule is COc1ccc(CCC2=C(C(=O)OCc3ccccc3)C(c3ccc(OC)cc3)NC(=O)N2)cc1. The number of esters is 1. The Hall–Kier alpha value is -4.26. The molecule has 1 atom stereocenters. The average Bonchev–Trinajstić information content (AvgIpc) is 2.91. The number of hydrogen-bond donors (Lipinski definition) is 2. The molecule has 1 heterocycles. The lowest BCUT2D eigenvalue weighted by Gasteiger charge is -2.29. The molecule has 0 bridgehead atoms. The minimum atomic E-state index is -0.649. The first-order valence-corrected chi connectivity index (χ1v) is 11.4. The summed E-state index contributed by atoms with van der Waals surface area (Å²) in [4.78, 5) is 26.0. The quantitative estimate of drug-likeness (QED) is 0.442. The molecule has 0 saturated heterocycles. The van der Waals surface area contributed by atoms with Gasteiger partial charge >= 0.3 is 12.0 Å². The smallest absolute Gasteiger partial charge is 0.338 e. The van der Waals surface area contributed by atoms with Gasteiger partial charge < -0.3 is 24.8 Å². The molecule has 2 N–H and O–H groups in total. The molecule has 0 aromatic heterocycles. The van der Waals surface area contributed by atoms with Crippen molar-refractivity contribution in [3.63, 3.8) is 0 Å². The standard InChI is InChI=1S/C28H28N2O5/c1-33-22-13-8-19(9-14-22)10-17-24-25(27(31)35-18-20-6-4-3-5-7-20)26(30-28(32)29-24)21-11-15-23(34-2)16-12-21/h3-9,11-16,26H,10,17-18H2,1-2H3,(H2,29,30,32). The summed E-state index contributed by atoms with van der Waals surface area (Å²) < 4.78 is 16.2. The van der Waals surface area contributed by atoms with Crippen molar-refractivity contribution in [2.75, 3.05) is 14.2 Å². The first kappa shape index (κ1) is 23.9. The van der Waals surface area contributed by atoms with E-state index in [9.17, 15) is 9.59 Å². The second-order valence-electron chi connectivity index (χ2n) is 8.11. The molecule has 0 radical (unpaired) electrons. The molecule has 4 rings (SSSR count). The number of carbonyl (C=O) groups excluding carboxylic acids is 2. The van der Waals surface area contributed by atoms with Gasteiger partial charge in [0.05, 0.1) is 25.8 Å². The van der Waals surface area contributed by atoms with Gasteiger partial charge in [0, 0.05) is 5.70 Å². The Labute approximate surface area is 204 Å². The minimum absolute atomic E-state index is 0.137. The van der Waals surface area contributed by atoms with E-state index in [0.29, 0.717) is 29.9 Å². The molecule has 3 aromatic rings. The number of benzene rings is 3. The van der Waals surface area contributed by atoms with Crippen molar-refractivity contribution in [1.29, 1.82) is 0 Å². The van der Waals surface area contributed by atoms with Crippen molar-refractivity contribution in [3.8, 4) is 11.5 Å². The van der Waals surface area contributed by atoms with Crippen LogP contribution in [0.4, 0.5) is 4.79 Å². The van der Waals surface area contributed by atoms with Gasteiger partial charge in [-0.1, -0.05) is 54.6 Å². The van der Waals surface area contributed by atoms with Crippen LogP contribution < -0.4 is 20.1 Å². The highest BCUT2D eigenvalue weighted by molar-refractivity contribution is 5.95. The summed E-state index contributed by atoms with van der Waals surface area (Å²) in [6, 6.07) is 23.5. The van der Waals surface area contributed by atoms with E-state index in [2.05, 4.69) is 10.6 Å². The van der Waals surface area contributed by atoms with Gasteiger partial charge in [-0.25, -0.2) is 9.59 Å². The van der Waals surface area contributed by atoms with Gasteiger partial charge in [0.15, 0.2) is 0 Å². The fourth-order valence-electron chi connectivity index (χ4n) is 3.96. The Kier molecular flexibility index (Phi) is 7.67. The van der Waals surface area contributed by atoms with Crippen LogP contribution in [0.25, 0.3) is 0 Å². The number of urea groups is 1. The van der Waals surface area contributed by atoms with Crippen molar-refractivity contribution in [1.82, 2.24) is 10.6 Å². The van der Waals surface area contributed by atoms with Gasteiger partial charge in [0.1, 0.15) is 18.1 Å². The number of rotatable bonds is 9. The maximum atomic E-state index is 13.4. The van der Waals surface area contributed by atoms with E-state index in [0.717, 1.165) is 22.4 Å². The zero-order chi connectivity index (χ0) is 24.6. The maximum Gasteiger partial charge on any atom is 0.338 e. The molecule has 0 saturated carbocycles. The minimum Gasteiger partial charge on any atom is -0.497 e. The van der Waals surface area contributed by atoms with Crippen molar-refractivity contribution in [3.05, 3.63) is 107 Å². The van der Waals surface area contributed by atoms with Crippen LogP contribution in [0.1, 0.15) is 29.2 Å². The molecule has 0 aliphatic carbocycles. The second kappa shape index (κ2) is 11.2. The summed E-state index contributed by atoms with van der Waals surface area (Å²) in [5.74, 6) is 0.978. The number of ether oxygens (including phenoxy) is 3. The van der Waals surface area contributed by atoms with Crippen LogP contribution in [0.2, 0.25) is 0 Å².